The van der Waals surface area contributed by atoms with Gasteiger partial charge in [0, 0.05) is 28.9 Å². The van der Waals surface area contributed by atoms with Crippen molar-refractivity contribution in [1.82, 2.24) is 20.2 Å². The van der Waals surface area contributed by atoms with Gasteiger partial charge in [-0.1, -0.05) is 24.1 Å². The van der Waals surface area contributed by atoms with Crippen LogP contribution in [0.5, 0.6) is 0 Å². The van der Waals surface area contributed by atoms with Crippen LogP contribution in [0.4, 0.5) is 0 Å². The van der Waals surface area contributed by atoms with Crippen LogP contribution in [0.2, 0.25) is 0 Å². The number of aromatic amines is 2. The Kier molecular flexibility index (Phi) is 2.95. The fourth-order valence-electron chi connectivity index (χ4n) is 2.33. The Labute approximate surface area is 127 Å². The van der Waals surface area contributed by atoms with Gasteiger partial charge in [0.1, 0.15) is 11.5 Å². The molecule has 2 heterocycles. The van der Waals surface area contributed by atoms with E-state index >= 15 is 0 Å². The standard InChI is InChI=1S/C18H12N4/c1-2-4-13(5-3-1)6-8-16-15-12-14(18-19-10-11-20-18)7-9-17(15)22-21-16/h1-5,7,9-12H,(H,19,20)(H,21,22). The molecule has 0 fully saturated rings. The molecule has 0 saturated carbocycles. The van der Waals surface area contributed by atoms with Gasteiger partial charge < -0.3 is 4.98 Å². The molecule has 4 rings (SSSR count). The quantitative estimate of drug-likeness (QED) is 0.527. The van der Waals surface area contributed by atoms with Crippen LogP contribution >= 0.6 is 0 Å². The zero-order valence-corrected chi connectivity index (χ0v) is 11.7. The third-order valence-electron chi connectivity index (χ3n) is 3.43. The van der Waals surface area contributed by atoms with Gasteiger partial charge in [0.25, 0.3) is 0 Å². The molecule has 4 heteroatoms. The van der Waals surface area contributed by atoms with Crippen LogP contribution in [-0.2, 0) is 0 Å². The summed E-state index contributed by atoms with van der Waals surface area (Å²) in [5, 5.41) is 8.31. The zero-order chi connectivity index (χ0) is 14.8. The minimum absolute atomic E-state index is 0.743. The fourth-order valence-corrected chi connectivity index (χ4v) is 2.33. The Balaban J connectivity index is 1.79. The number of imidazole rings is 1. The van der Waals surface area contributed by atoms with E-state index in [4.69, 9.17) is 0 Å². The monoisotopic (exact) mass is 284 g/mol. The first kappa shape index (κ1) is 12.4. The van der Waals surface area contributed by atoms with Gasteiger partial charge >= 0.3 is 0 Å². The van der Waals surface area contributed by atoms with Crippen LogP contribution < -0.4 is 0 Å². The lowest BCUT2D eigenvalue weighted by Gasteiger charge is -1.97. The Morgan fingerprint density at radius 2 is 1.86 bits per heavy atom. The van der Waals surface area contributed by atoms with Crippen molar-refractivity contribution in [3.05, 3.63) is 72.2 Å². The van der Waals surface area contributed by atoms with E-state index in [9.17, 15) is 0 Å². The van der Waals surface area contributed by atoms with Crippen molar-refractivity contribution in [3.8, 4) is 23.2 Å². The Morgan fingerprint density at radius 3 is 2.68 bits per heavy atom. The van der Waals surface area contributed by atoms with E-state index < -0.39 is 0 Å². The molecule has 0 atom stereocenters. The molecule has 0 spiro atoms. The summed E-state index contributed by atoms with van der Waals surface area (Å²) in [6.45, 7) is 0. The van der Waals surface area contributed by atoms with E-state index in [1.165, 1.54) is 0 Å². The average Bonchev–Trinajstić information content (AvgIpc) is 3.23. The second-order valence-corrected chi connectivity index (χ2v) is 4.89. The highest BCUT2D eigenvalue weighted by Crippen LogP contribution is 2.22. The van der Waals surface area contributed by atoms with Crippen molar-refractivity contribution in [3.63, 3.8) is 0 Å². The van der Waals surface area contributed by atoms with Gasteiger partial charge in [-0.25, -0.2) is 4.98 Å². The molecule has 4 nitrogen and oxygen atoms in total. The van der Waals surface area contributed by atoms with Crippen molar-refractivity contribution in [2.24, 2.45) is 0 Å². The molecule has 2 aromatic heterocycles. The van der Waals surface area contributed by atoms with Gasteiger partial charge in [-0.2, -0.15) is 5.10 Å². The third kappa shape index (κ3) is 2.25. The Bertz CT molecular complexity index is 970. The summed E-state index contributed by atoms with van der Waals surface area (Å²) in [4.78, 5) is 7.39. The molecule has 2 N–H and O–H groups in total. The van der Waals surface area contributed by atoms with E-state index in [2.05, 4.69) is 32.0 Å². The first-order chi connectivity index (χ1) is 10.9. The number of fused-ring (bicyclic) bond motifs is 1. The summed E-state index contributed by atoms with van der Waals surface area (Å²) in [5.41, 5.74) is 3.70. The lowest BCUT2D eigenvalue weighted by atomic mass is 10.1. The number of rotatable bonds is 1. The number of hydrogen-bond acceptors (Lipinski definition) is 2. The number of benzene rings is 2. The average molecular weight is 284 g/mol. The van der Waals surface area contributed by atoms with E-state index in [1.807, 2.05) is 54.7 Å². The molecule has 0 unspecified atom stereocenters. The van der Waals surface area contributed by atoms with Crippen LogP contribution in [0, 0.1) is 11.8 Å². The Morgan fingerprint density at radius 1 is 0.955 bits per heavy atom. The van der Waals surface area contributed by atoms with E-state index in [0.29, 0.717) is 0 Å². The molecule has 0 amide bonds. The van der Waals surface area contributed by atoms with Crippen LogP contribution in [0.3, 0.4) is 0 Å². The van der Waals surface area contributed by atoms with E-state index in [1.54, 1.807) is 6.20 Å². The van der Waals surface area contributed by atoms with Crippen LogP contribution in [0.15, 0.2) is 60.9 Å². The van der Waals surface area contributed by atoms with Gasteiger partial charge in [-0.15, -0.1) is 0 Å². The third-order valence-corrected chi connectivity index (χ3v) is 3.43. The molecule has 0 bridgehead atoms. The summed E-state index contributed by atoms with van der Waals surface area (Å²) < 4.78 is 0. The summed E-state index contributed by atoms with van der Waals surface area (Å²) >= 11 is 0. The number of H-pyrrole nitrogens is 2. The zero-order valence-electron chi connectivity index (χ0n) is 11.7. The maximum Gasteiger partial charge on any atom is 0.143 e. The smallest absolute Gasteiger partial charge is 0.143 e. The number of aromatic nitrogens is 4. The lowest BCUT2D eigenvalue weighted by Crippen LogP contribution is -1.81. The molecule has 0 radical (unpaired) electrons. The van der Waals surface area contributed by atoms with Crippen molar-refractivity contribution in [2.75, 3.05) is 0 Å². The molecule has 0 aliphatic heterocycles. The molecule has 0 saturated heterocycles. The fraction of sp³-hybridized carbons (Fsp3) is 0. The summed E-state index contributed by atoms with van der Waals surface area (Å²) in [6.07, 6.45) is 3.55. The molecule has 4 aromatic rings. The van der Waals surface area contributed by atoms with Crippen LogP contribution in [0.1, 0.15) is 11.3 Å². The van der Waals surface area contributed by atoms with Gasteiger partial charge in [0.2, 0.25) is 0 Å². The van der Waals surface area contributed by atoms with Gasteiger partial charge in [0.05, 0.1) is 5.52 Å². The largest absolute Gasteiger partial charge is 0.345 e. The van der Waals surface area contributed by atoms with Gasteiger partial charge in [0.15, 0.2) is 0 Å². The minimum Gasteiger partial charge on any atom is -0.345 e. The number of nitrogens with one attached hydrogen (secondary N) is 2. The lowest BCUT2D eigenvalue weighted by molar-refractivity contribution is 1.10. The highest BCUT2D eigenvalue weighted by Gasteiger charge is 2.06. The Hall–Kier alpha value is -3.32. The first-order valence-electron chi connectivity index (χ1n) is 6.95. The van der Waals surface area contributed by atoms with Crippen molar-refractivity contribution in [2.45, 2.75) is 0 Å². The molecule has 0 aliphatic rings. The second kappa shape index (κ2) is 5.23. The van der Waals surface area contributed by atoms with Gasteiger partial charge in [-0.3, -0.25) is 5.10 Å². The SMILES string of the molecule is C(#Cc1n[nH]c2ccc(-c3ncc[nH]3)cc12)c1ccccc1. The molecule has 22 heavy (non-hydrogen) atoms. The normalized spacial score (nSPS) is 10.4. The highest BCUT2D eigenvalue weighted by atomic mass is 15.1. The van der Waals surface area contributed by atoms with E-state index in [-0.39, 0.29) is 0 Å². The molecule has 0 aliphatic carbocycles. The minimum atomic E-state index is 0.743. The maximum absolute atomic E-state index is 4.30. The predicted octanol–water partition coefficient (Wildman–Crippen LogP) is 3.35. The second-order valence-electron chi connectivity index (χ2n) is 4.89. The topological polar surface area (TPSA) is 57.4 Å². The molecular formula is C18H12N4. The van der Waals surface area contributed by atoms with Crippen LogP contribution in [-0.4, -0.2) is 20.2 Å². The predicted molar refractivity (Wildman–Crippen MR) is 86.1 cm³/mol. The molecule has 2 aromatic carbocycles. The maximum atomic E-state index is 4.30. The first-order valence-corrected chi connectivity index (χ1v) is 6.95. The molecular weight excluding hydrogens is 272 g/mol. The summed E-state index contributed by atoms with van der Waals surface area (Å²) in [5.74, 6) is 7.11. The van der Waals surface area contributed by atoms with Crippen molar-refractivity contribution in [1.29, 1.82) is 0 Å². The van der Waals surface area contributed by atoms with Gasteiger partial charge in [-0.05, 0) is 36.3 Å². The molecule has 104 valence electrons. The number of nitrogens with zero attached hydrogens (tertiary/aromatic N) is 2. The van der Waals surface area contributed by atoms with E-state index in [0.717, 1.165) is 33.5 Å². The number of hydrogen-bond donors (Lipinski definition) is 2. The van der Waals surface area contributed by atoms with Crippen molar-refractivity contribution < 1.29 is 0 Å². The summed E-state index contributed by atoms with van der Waals surface area (Å²) in [6, 6.07) is 15.9. The highest BCUT2D eigenvalue weighted by molar-refractivity contribution is 5.87. The summed E-state index contributed by atoms with van der Waals surface area (Å²) in [7, 11) is 0. The van der Waals surface area contributed by atoms with Crippen molar-refractivity contribution >= 4 is 10.9 Å². The van der Waals surface area contributed by atoms with Crippen LogP contribution in [0.25, 0.3) is 22.3 Å².